The second-order valence-electron chi connectivity index (χ2n) is 5.85. The lowest BCUT2D eigenvalue weighted by Gasteiger charge is -2.09. The van der Waals surface area contributed by atoms with Crippen molar-refractivity contribution in [2.24, 2.45) is 5.10 Å². The lowest BCUT2D eigenvalue weighted by atomic mass is 10.2. The lowest BCUT2D eigenvalue weighted by Crippen LogP contribution is -2.17. The van der Waals surface area contributed by atoms with Crippen molar-refractivity contribution >= 4 is 39.7 Å². The quantitative estimate of drug-likeness (QED) is 0.444. The van der Waals surface area contributed by atoms with Gasteiger partial charge in [-0.05, 0) is 56.3 Å². The summed E-state index contributed by atoms with van der Waals surface area (Å²) >= 11 is 9.46. The fourth-order valence-electron chi connectivity index (χ4n) is 2.79. The minimum atomic E-state index is -0.258. The van der Waals surface area contributed by atoms with E-state index in [1.165, 1.54) is 0 Å². The molecule has 0 bridgehead atoms. The third-order valence-electron chi connectivity index (χ3n) is 3.99. The van der Waals surface area contributed by atoms with Gasteiger partial charge < -0.3 is 4.57 Å². The molecule has 3 aromatic rings. The zero-order valence-corrected chi connectivity index (χ0v) is 16.7. The molecular weight excluding hydrogens is 414 g/mol. The van der Waals surface area contributed by atoms with Crippen LogP contribution in [0.2, 0.25) is 5.02 Å². The van der Waals surface area contributed by atoms with Crippen LogP contribution in [0.25, 0.3) is 5.69 Å². The van der Waals surface area contributed by atoms with Crippen molar-refractivity contribution in [3.8, 4) is 5.69 Å². The van der Waals surface area contributed by atoms with E-state index in [4.69, 9.17) is 11.6 Å². The molecule has 1 amide bonds. The van der Waals surface area contributed by atoms with Crippen molar-refractivity contribution in [3.63, 3.8) is 0 Å². The van der Waals surface area contributed by atoms with Crippen molar-refractivity contribution in [2.45, 2.75) is 13.8 Å². The van der Waals surface area contributed by atoms with Crippen LogP contribution < -0.4 is 5.43 Å². The highest BCUT2D eigenvalue weighted by Gasteiger charge is 2.10. The maximum Gasteiger partial charge on any atom is 0.271 e. The predicted octanol–water partition coefficient (Wildman–Crippen LogP) is 5.27. The van der Waals surface area contributed by atoms with E-state index in [1.807, 2.05) is 50.2 Å². The van der Waals surface area contributed by atoms with Gasteiger partial charge in [-0.3, -0.25) is 4.79 Å². The topological polar surface area (TPSA) is 46.4 Å². The van der Waals surface area contributed by atoms with Crippen molar-refractivity contribution in [1.82, 2.24) is 9.99 Å². The van der Waals surface area contributed by atoms with Gasteiger partial charge in [0.05, 0.1) is 6.21 Å². The number of nitrogens with zero attached hydrogens (tertiary/aromatic N) is 2. The van der Waals surface area contributed by atoms with E-state index < -0.39 is 0 Å². The van der Waals surface area contributed by atoms with Crippen molar-refractivity contribution in [2.75, 3.05) is 0 Å². The van der Waals surface area contributed by atoms with Gasteiger partial charge in [0, 0.05) is 37.7 Å². The van der Waals surface area contributed by atoms with Crippen LogP contribution in [-0.2, 0) is 0 Å². The Kier molecular flexibility index (Phi) is 5.59. The van der Waals surface area contributed by atoms with E-state index in [-0.39, 0.29) is 5.91 Å². The Balaban J connectivity index is 1.79. The Morgan fingerprint density at radius 2 is 1.92 bits per heavy atom. The molecule has 0 aliphatic heterocycles. The van der Waals surface area contributed by atoms with Crippen LogP contribution in [0.5, 0.6) is 0 Å². The number of rotatable bonds is 4. The smallest absolute Gasteiger partial charge is 0.271 e. The molecule has 0 atom stereocenters. The number of carbonyl (C=O) groups excluding carboxylic acids is 1. The summed E-state index contributed by atoms with van der Waals surface area (Å²) in [6.45, 7) is 4.02. The van der Waals surface area contributed by atoms with Crippen LogP contribution >= 0.6 is 27.5 Å². The van der Waals surface area contributed by atoms with Crippen molar-refractivity contribution in [1.29, 1.82) is 0 Å². The number of carbonyl (C=O) groups is 1. The molecule has 0 saturated carbocycles. The van der Waals surface area contributed by atoms with E-state index >= 15 is 0 Å². The monoisotopic (exact) mass is 429 g/mol. The molecule has 1 N–H and O–H groups in total. The second kappa shape index (κ2) is 7.89. The molecule has 3 rings (SSSR count). The van der Waals surface area contributed by atoms with Crippen LogP contribution in [0, 0.1) is 13.8 Å². The predicted molar refractivity (Wildman–Crippen MR) is 109 cm³/mol. The maximum absolute atomic E-state index is 12.1. The standard InChI is InChI=1S/C20H17BrClN3O/c1-13-9-16(14(2)25(13)19-8-4-7-18(22)11-19)12-23-24-20(26)15-5-3-6-17(21)10-15/h3-12H,1-2H3,(H,24,26)/b23-12-. The average molecular weight is 431 g/mol. The summed E-state index contributed by atoms with van der Waals surface area (Å²) in [7, 11) is 0. The fraction of sp³-hybridized carbons (Fsp3) is 0.100. The molecule has 26 heavy (non-hydrogen) atoms. The second-order valence-corrected chi connectivity index (χ2v) is 7.20. The molecule has 4 nitrogen and oxygen atoms in total. The molecule has 0 spiro atoms. The van der Waals surface area contributed by atoms with Gasteiger partial charge in [0.2, 0.25) is 0 Å². The first-order chi connectivity index (χ1) is 12.5. The van der Waals surface area contributed by atoms with Gasteiger partial charge in [0.1, 0.15) is 0 Å². The van der Waals surface area contributed by atoms with E-state index in [9.17, 15) is 4.79 Å². The average Bonchev–Trinajstić information content (AvgIpc) is 2.88. The van der Waals surface area contributed by atoms with Gasteiger partial charge in [-0.25, -0.2) is 5.43 Å². The zero-order chi connectivity index (χ0) is 18.7. The van der Waals surface area contributed by atoms with Gasteiger partial charge in [-0.2, -0.15) is 5.10 Å². The molecule has 0 radical (unpaired) electrons. The van der Waals surface area contributed by atoms with E-state index in [1.54, 1.807) is 24.4 Å². The molecular formula is C20H17BrClN3O. The van der Waals surface area contributed by atoms with Crippen LogP contribution in [0.15, 0.2) is 64.2 Å². The Labute approximate surface area is 165 Å². The fourth-order valence-corrected chi connectivity index (χ4v) is 3.37. The molecule has 1 aromatic heterocycles. The Hall–Kier alpha value is -2.37. The first kappa shape index (κ1) is 18.4. The number of nitrogens with one attached hydrogen (secondary N) is 1. The molecule has 0 aliphatic carbocycles. The molecule has 0 fully saturated rings. The number of aryl methyl sites for hydroxylation is 1. The normalized spacial score (nSPS) is 11.1. The highest BCUT2D eigenvalue weighted by Crippen LogP contribution is 2.22. The van der Waals surface area contributed by atoms with E-state index in [0.717, 1.165) is 27.1 Å². The largest absolute Gasteiger partial charge is 0.318 e. The summed E-state index contributed by atoms with van der Waals surface area (Å²) in [6.07, 6.45) is 1.65. The molecule has 132 valence electrons. The summed E-state index contributed by atoms with van der Waals surface area (Å²) in [4.78, 5) is 12.1. The lowest BCUT2D eigenvalue weighted by molar-refractivity contribution is 0.0955. The number of hydrogen-bond donors (Lipinski definition) is 1. The summed E-state index contributed by atoms with van der Waals surface area (Å²) in [5.74, 6) is -0.258. The first-order valence-corrected chi connectivity index (χ1v) is 9.16. The number of halogens is 2. The van der Waals surface area contributed by atoms with Crippen LogP contribution in [0.3, 0.4) is 0 Å². The maximum atomic E-state index is 12.1. The summed E-state index contributed by atoms with van der Waals surface area (Å²) in [5.41, 5.74) is 7.10. The molecule has 2 aromatic carbocycles. The third-order valence-corrected chi connectivity index (χ3v) is 4.72. The van der Waals surface area contributed by atoms with Crippen LogP contribution in [0.4, 0.5) is 0 Å². The van der Waals surface area contributed by atoms with Crippen LogP contribution in [-0.4, -0.2) is 16.7 Å². The SMILES string of the molecule is Cc1cc(/C=N\NC(=O)c2cccc(Br)c2)c(C)n1-c1cccc(Cl)c1. The number of hydrazone groups is 1. The Morgan fingerprint density at radius 3 is 2.65 bits per heavy atom. The minimum absolute atomic E-state index is 0.258. The molecule has 1 heterocycles. The summed E-state index contributed by atoms with van der Waals surface area (Å²) < 4.78 is 2.95. The number of hydrogen-bond acceptors (Lipinski definition) is 2. The summed E-state index contributed by atoms with van der Waals surface area (Å²) in [6, 6.07) is 16.9. The summed E-state index contributed by atoms with van der Waals surface area (Å²) in [5, 5.41) is 4.78. The molecule has 0 saturated heterocycles. The van der Waals surface area contributed by atoms with Gasteiger partial charge in [0.25, 0.3) is 5.91 Å². The zero-order valence-electron chi connectivity index (χ0n) is 14.3. The van der Waals surface area contributed by atoms with Gasteiger partial charge in [-0.15, -0.1) is 0 Å². The molecule has 0 unspecified atom stereocenters. The molecule has 6 heteroatoms. The van der Waals surface area contributed by atoms with Crippen LogP contribution in [0.1, 0.15) is 27.3 Å². The van der Waals surface area contributed by atoms with Crippen molar-refractivity contribution < 1.29 is 4.79 Å². The highest BCUT2D eigenvalue weighted by molar-refractivity contribution is 9.10. The minimum Gasteiger partial charge on any atom is -0.318 e. The first-order valence-electron chi connectivity index (χ1n) is 7.99. The van der Waals surface area contributed by atoms with Gasteiger partial charge >= 0.3 is 0 Å². The number of aromatic nitrogens is 1. The van der Waals surface area contributed by atoms with Gasteiger partial charge in [0.15, 0.2) is 0 Å². The van der Waals surface area contributed by atoms with Gasteiger partial charge in [-0.1, -0.05) is 39.7 Å². The Bertz CT molecular complexity index is 994. The van der Waals surface area contributed by atoms with Crippen molar-refractivity contribution in [3.05, 3.63) is 86.6 Å². The van der Waals surface area contributed by atoms with E-state index in [0.29, 0.717) is 10.6 Å². The Morgan fingerprint density at radius 1 is 1.15 bits per heavy atom. The third kappa shape index (κ3) is 4.06. The number of amides is 1. The highest BCUT2D eigenvalue weighted by atomic mass is 79.9. The van der Waals surface area contributed by atoms with E-state index in [2.05, 4.69) is 31.0 Å². The molecule has 0 aliphatic rings. The number of benzene rings is 2.